The Kier molecular flexibility index (Phi) is 6.93. The number of aromatic nitrogens is 3. The van der Waals surface area contributed by atoms with Crippen LogP contribution in [0, 0.1) is 0 Å². The zero-order valence-electron chi connectivity index (χ0n) is 20.4. The van der Waals surface area contributed by atoms with Crippen LogP contribution in [0.5, 0.6) is 0 Å². The number of hydrogen-bond acceptors (Lipinski definition) is 5. The number of pyridine rings is 2. The quantitative estimate of drug-likeness (QED) is 0.323. The van der Waals surface area contributed by atoms with Crippen LogP contribution in [0.15, 0.2) is 61.1 Å². The van der Waals surface area contributed by atoms with Crippen LogP contribution in [0.3, 0.4) is 0 Å². The van der Waals surface area contributed by atoms with Gasteiger partial charge < -0.3 is 9.47 Å². The summed E-state index contributed by atoms with van der Waals surface area (Å²) in [4.78, 5) is 37.6. The van der Waals surface area contributed by atoms with Gasteiger partial charge in [0.1, 0.15) is 11.4 Å². The summed E-state index contributed by atoms with van der Waals surface area (Å²) in [6, 6.07) is 11.2. The number of Topliss-reactive ketones (excluding diaryl/α,β-unsaturated/α-hetero) is 1. The van der Waals surface area contributed by atoms with E-state index in [4.69, 9.17) is 11.6 Å². The molecule has 1 fully saturated rings. The van der Waals surface area contributed by atoms with Gasteiger partial charge in [0.05, 0.1) is 11.1 Å². The lowest BCUT2D eigenvalue weighted by Gasteiger charge is -2.34. The van der Waals surface area contributed by atoms with E-state index in [1.807, 2.05) is 12.1 Å². The van der Waals surface area contributed by atoms with Crippen molar-refractivity contribution in [2.24, 2.45) is 0 Å². The third-order valence-corrected chi connectivity index (χ3v) is 6.82. The topological polar surface area (TPSA) is 71.3 Å². The number of nitrogens with zero attached hydrogens (tertiary/aromatic N) is 5. The van der Waals surface area contributed by atoms with Gasteiger partial charge in [0, 0.05) is 74.3 Å². The predicted molar refractivity (Wildman–Crippen MR) is 137 cm³/mol. The lowest BCUT2D eigenvalue weighted by Crippen LogP contribution is -2.48. The van der Waals surface area contributed by atoms with E-state index in [9.17, 15) is 22.8 Å². The molecule has 5 rings (SSSR count). The zero-order valence-corrected chi connectivity index (χ0v) is 21.1. The van der Waals surface area contributed by atoms with E-state index >= 15 is 0 Å². The van der Waals surface area contributed by atoms with Gasteiger partial charge in [-0.15, -0.1) is 0 Å². The first-order valence-electron chi connectivity index (χ1n) is 11.9. The van der Waals surface area contributed by atoms with E-state index in [1.165, 1.54) is 25.4 Å². The lowest BCUT2D eigenvalue weighted by molar-refractivity contribution is -0.141. The second-order valence-corrected chi connectivity index (χ2v) is 9.56. The number of ketones is 1. The van der Waals surface area contributed by atoms with Gasteiger partial charge in [-0.2, -0.15) is 13.2 Å². The van der Waals surface area contributed by atoms with E-state index in [2.05, 4.69) is 14.9 Å². The molecule has 4 aromatic rings. The van der Waals surface area contributed by atoms with Crippen molar-refractivity contribution in [1.29, 1.82) is 0 Å². The maximum absolute atomic E-state index is 13.6. The molecule has 38 heavy (non-hydrogen) atoms. The van der Waals surface area contributed by atoms with Crippen molar-refractivity contribution >= 4 is 34.2 Å². The molecule has 1 aromatic carbocycles. The number of alkyl halides is 3. The number of hydrogen-bond donors (Lipinski definition) is 0. The van der Waals surface area contributed by atoms with Gasteiger partial charge in [-0.3, -0.25) is 24.5 Å². The van der Waals surface area contributed by atoms with Crippen molar-refractivity contribution in [3.8, 4) is 5.69 Å². The molecule has 1 amide bonds. The Morgan fingerprint density at radius 1 is 0.974 bits per heavy atom. The van der Waals surface area contributed by atoms with Gasteiger partial charge in [0.2, 0.25) is 0 Å². The summed E-state index contributed by atoms with van der Waals surface area (Å²) in [6.45, 7) is 3.90. The van der Waals surface area contributed by atoms with Crippen LogP contribution in [-0.4, -0.2) is 62.2 Å². The number of benzene rings is 1. The van der Waals surface area contributed by atoms with Crippen molar-refractivity contribution in [1.82, 2.24) is 24.3 Å². The fourth-order valence-corrected chi connectivity index (χ4v) is 4.76. The van der Waals surface area contributed by atoms with E-state index in [1.54, 1.807) is 33.9 Å². The van der Waals surface area contributed by atoms with Crippen LogP contribution in [0.1, 0.15) is 39.0 Å². The number of carbonyl (C=O) groups is 2. The van der Waals surface area contributed by atoms with Gasteiger partial charge in [-0.05, 0) is 42.0 Å². The third-order valence-electron chi connectivity index (χ3n) is 6.56. The molecule has 0 bridgehead atoms. The Hall–Kier alpha value is -3.76. The number of amides is 1. The molecule has 1 aliphatic heterocycles. The molecule has 0 spiro atoms. The minimum atomic E-state index is -4.47. The van der Waals surface area contributed by atoms with Gasteiger partial charge in [0.15, 0.2) is 5.78 Å². The van der Waals surface area contributed by atoms with Gasteiger partial charge in [-0.1, -0.05) is 17.7 Å². The molecule has 196 valence electrons. The highest BCUT2D eigenvalue weighted by molar-refractivity contribution is 6.30. The van der Waals surface area contributed by atoms with Crippen LogP contribution in [0.25, 0.3) is 16.6 Å². The summed E-state index contributed by atoms with van der Waals surface area (Å²) in [6.07, 6.45) is 0.0255. The van der Waals surface area contributed by atoms with Crippen LogP contribution in [-0.2, 0) is 12.7 Å². The summed E-state index contributed by atoms with van der Waals surface area (Å²) < 4.78 is 40.1. The molecular formula is C27H23ClF3N5O2. The third kappa shape index (κ3) is 5.14. The smallest absolute Gasteiger partial charge is 0.336 e. The highest BCUT2D eigenvalue weighted by Crippen LogP contribution is 2.30. The number of piperazine rings is 1. The molecule has 3 aromatic heterocycles. The molecule has 1 aliphatic rings. The summed E-state index contributed by atoms with van der Waals surface area (Å²) in [5.41, 5.74) is 1.78. The largest absolute Gasteiger partial charge is 0.433 e. The highest BCUT2D eigenvalue weighted by atomic mass is 35.5. The summed E-state index contributed by atoms with van der Waals surface area (Å²) in [7, 11) is 0. The average molecular weight is 542 g/mol. The van der Waals surface area contributed by atoms with Crippen LogP contribution in [0.4, 0.5) is 13.2 Å². The Labute approximate surface area is 221 Å². The minimum absolute atomic E-state index is 0.167. The fraction of sp³-hybridized carbons (Fsp3) is 0.259. The number of carbonyl (C=O) groups excluding carboxylic acids is 2. The van der Waals surface area contributed by atoms with Crippen LogP contribution >= 0.6 is 11.6 Å². The number of fused-ring (bicyclic) bond motifs is 1. The van der Waals surface area contributed by atoms with Crippen LogP contribution < -0.4 is 0 Å². The first kappa shape index (κ1) is 25.9. The lowest BCUT2D eigenvalue weighted by atomic mass is 10.1. The molecular weight excluding hydrogens is 519 g/mol. The van der Waals surface area contributed by atoms with Crippen molar-refractivity contribution in [2.75, 3.05) is 26.2 Å². The molecule has 1 saturated heterocycles. The Morgan fingerprint density at radius 3 is 2.29 bits per heavy atom. The molecule has 0 saturated carbocycles. The fourth-order valence-electron chi connectivity index (χ4n) is 4.64. The maximum atomic E-state index is 13.6. The second-order valence-electron chi connectivity index (χ2n) is 9.12. The van der Waals surface area contributed by atoms with Crippen molar-refractivity contribution < 1.29 is 22.8 Å². The van der Waals surface area contributed by atoms with E-state index in [0.29, 0.717) is 59.8 Å². The van der Waals surface area contributed by atoms with Gasteiger partial charge >= 0.3 is 6.18 Å². The summed E-state index contributed by atoms with van der Waals surface area (Å²) in [5, 5.41) is 1.19. The van der Waals surface area contributed by atoms with Crippen molar-refractivity contribution in [3.63, 3.8) is 0 Å². The summed E-state index contributed by atoms with van der Waals surface area (Å²) in [5.74, 6) is -0.381. The van der Waals surface area contributed by atoms with Crippen molar-refractivity contribution in [3.05, 3.63) is 88.6 Å². The zero-order chi connectivity index (χ0) is 27.0. The summed E-state index contributed by atoms with van der Waals surface area (Å²) >= 11 is 6.05. The Bertz CT molecular complexity index is 1490. The first-order chi connectivity index (χ1) is 18.1. The molecule has 0 radical (unpaired) electrons. The molecule has 7 nitrogen and oxygen atoms in total. The van der Waals surface area contributed by atoms with E-state index in [-0.39, 0.29) is 17.4 Å². The minimum Gasteiger partial charge on any atom is -0.336 e. The van der Waals surface area contributed by atoms with Crippen molar-refractivity contribution in [2.45, 2.75) is 19.6 Å². The standard InChI is InChI=1S/C27H23ClF3N5O2/c1-17(37)24-25-21(8-9-32-24)22(16-36(25)20-5-3-19(28)4-6-20)26(38)35-12-10-34(11-13-35)15-18-2-7-23(33-14-18)27(29,30)31/h2-9,14,16H,10-13,15H2,1H3. The molecule has 0 aliphatic carbocycles. The normalized spacial score (nSPS) is 14.7. The maximum Gasteiger partial charge on any atom is 0.433 e. The monoisotopic (exact) mass is 541 g/mol. The van der Waals surface area contributed by atoms with E-state index in [0.717, 1.165) is 11.8 Å². The van der Waals surface area contributed by atoms with Gasteiger partial charge in [-0.25, -0.2) is 0 Å². The molecule has 11 heteroatoms. The molecule has 0 unspecified atom stereocenters. The SMILES string of the molecule is CC(=O)c1nccc2c(C(=O)N3CCN(Cc4ccc(C(F)(F)F)nc4)CC3)cn(-c3ccc(Cl)cc3)c12. The molecule has 0 atom stereocenters. The number of halogens is 4. The first-order valence-corrected chi connectivity index (χ1v) is 12.3. The average Bonchev–Trinajstić information content (AvgIpc) is 3.29. The predicted octanol–water partition coefficient (Wildman–Crippen LogP) is 5.25. The van der Waals surface area contributed by atoms with Gasteiger partial charge in [0.25, 0.3) is 5.91 Å². The Balaban J connectivity index is 1.36. The highest BCUT2D eigenvalue weighted by Gasteiger charge is 2.32. The second kappa shape index (κ2) is 10.2. The Morgan fingerprint density at radius 2 is 1.68 bits per heavy atom. The molecule has 0 N–H and O–H groups in total. The van der Waals surface area contributed by atoms with Crippen LogP contribution in [0.2, 0.25) is 5.02 Å². The number of rotatable bonds is 5. The molecule has 4 heterocycles. The van der Waals surface area contributed by atoms with E-state index < -0.39 is 11.9 Å².